The summed E-state index contributed by atoms with van der Waals surface area (Å²) in [6, 6.07) is 14.2. The molecule has 2 aromatic carbocycles. The number of ether oxygens (including phenoxy) is 1. The topological polar surface area (TPSA) is 75.6 Å². The number of nitrogens with zero attached hydrogens (tertiary/aromatic N) is 4. The van der Waals surface area contributed by atoms with E-state index in [9.17, 15) is 9.59 Å². The first-order valence-electron chi connectivity index (χ1n) is 14.3. The third-order valence-corrected chi connectivity index (χ3v) is 9.04. The molecule has 2 bridgehead atoms. The number of hydrogen-bond acceptors (Lipinski definition) is 5. The molecule has 3 aliphatic rings. The second-order valence-electron chi connectivity index (χ2n) is 12.7. The molecule has 1 aliphatic carbocycles. The van der Waals surface area contributed by atoms with Gasteiger partial charge < -0.3 is 14.5 Å². The van der Waals surface area contributed by atoms with Gasteiger partial charge in [-0.2, -0.15) is 0 Å². The highest BCUT2D eigenvalue weighted by Gasteiger charge is 2.47. The molecule has 8 heteroatoms. The van der Waals surface area contributed by atoms with Crippen molar-refractivity contribution in [3.8, 4) is 0 Å². The molecule has 2 aliphatic heterocycles. The second-order valence-corrected chi connectivity index (χ2v) is 13.1. The molecule has 40 heavy (non-hydrogen) atoms. The zero-order chi connectivity index (χ0) is 28.3. The normalized spacial score (nSPS) is 25.6. The Hall–Kier alpha value is -3.19. The predicted octanol–water partition coefficient (Wildman–Crippen LogP) is 6.87. The molecule has 2 amide bonds. The van der Waals surface area contributed by atoms with E-state index in [1.165, 1.54) is 0 Å². The van der Waals surface area contributed by atoms with Crippen LogP contribution in [0.5, 0.6) is 0 Å². The quantitative estimate of drug-likeness (QED) is 0.348. The standard InChI is InChI=1S/C32H37ClN4O3/c1-18-34-28-9-7-6-8-24(28)29(35-18)26-17-25(26)23-13-10-19(14-27(23)33)30(38)36(5)22-15-20-11-12-21(16-22)37(20)31(39)40-32(2,3)4/h6-10,13-14,20-22,25-26H,11-12,15-17H2,1-5H3/t20-,21+,22?,25?,26?. The van der Waals surface area contributed by atoms with Gasteiger partial charge in [-0.25, -0.2) is 14.8 Å². The number of halogens is 1. The number of rotatable bonds is 4. The highest BCUT2D eigenvalue weighted by molar-refractivity contribution is 6.31. The van der Waals surface area contributed by atoms with E-state index in [-0.39, 0.29) is 36.0 Å². The number of carbonyl (C=O) groups excluding carboxylic acids is 2. The van der Waals surface area contributed by atoms with Gasteiger partial charge in [-0.05, 0) is 89.5 Å². The van der Waals surface area contributed by atoms with Gasteiger partial charge in [-0.15, -0.1) is 0 Å². The van der Waals surface area contributed by atoms with E-state index < -0.39 is 5.60 Å². The third kappa shape index (κ3) is 5.05. The minimum Gasteiger partial charge on any atom is -0.444 e. The molecule has 7 nitrogen and oxygen atoms in total. The van der Waals surface area contributed by atoms with Crippen LogP contribution in [-0.4, -0.2) is 62.5 Å². The third-order valence-electron chi connectivity index (χ3n) is 8.71. The Labute approximate surface area is 240 Å². The Bertz CT molecular complexity index is 1470. The van der Waals surface area contributed by atoms with Gasteiger partial charge in [0, 0.05) is 47.1 Å². The minimum absolute atomic E-state index is 0.0339. The molecule has 0 N–H and O–H groups in total. The van der Waals surface area contributed by atoms with Crippen LogP contribution in [0.1, 0.15) is 92.2 Å². The van der Waals surface area contributed by atoms with Crippen molar-refractivity contribution in [2.75, 3.05) is 7.05 Å². The summed E-state index contributed by atoms with van der Waals surface area (Å²) < 4.78 is 5.67. The van der Waals surface area contributed by atoms with Crippen LogP contribution in [-0.2, 0) is 4.74 Å². The fraction of sp³-hybridized carbons (Fsp3) is 0.500. The van der Waals surface area contributed by atoms with Crippen LogP contribution in [0.25, 0.3) is 10.9 Å². The summed E-state index contributed by atoms with van der Waals surface area (Å²) in [5.74, 6) is 1.31. The van der Waals surface area contributed by atoms with Crippen molar-refractivity contribution in [3.63, 3.8) is 0 Å². The highest BCUT2D eigenvalue weighted by Crippen LogP contribution is 2.56. The maximum Gasteiger partial charge on any atom is 0.410 e. The van der Waals surface area contributed by atoms with Gasteiger partial charge >= 0.3 is 6.09 Å². The molecule has 1 aromatic heterocycles. The Morgan fingerprint density at radius 2 is 1.70 bits per heavy atom. The fourth-order valence-electron chi connectivity index (χ4n) is 6.75. The fourth-order valence-corrected chi connectivity index (χ4v) is 7.07. The van der Waals surface area contributed by atoms with Crippen LogP contribution >= 0.6 is 11.6 Å². The van der Waals surface area contributed by atoms with Crippen molar-refractivity contribution in [2.24, 2.45) is 0 Å². The summed E-state index contributed by atoms with van der Waals surface area (Å²) in [5, 5.41) is 1.72. The Morgan fingerprint density at radius 3 is 2.38 bits per heavy atom. The number of benzene rings is 2. The Balaban J connectivity index is 1.14. The van der Waals surface area contributed by atoms with E-state index in [0.717, 1.165) is 60.1 Å². The zero-order valence-corrected chi connectivity index (χ0v) is 24.6. The van der Waals surface area contributed by atoms with E-state index in [0.29, 0.717) is 16.5 Å². The van der Waals surface area contributed by atoms with Crippen LogP contribution in [0.2, 0.25) is 5.02 Å². The van der Waals surface area contributed by atoms with Crippen molar-refractivity contribution in [1.82, 2.24) is 19.8 Å². The molecule has 3 aromatic rings. The van der Waals surface area contributed by atoms with Crippen molar-refractivity contribution in [3.05, 3.63) is 70.1 Å². The van der Waals surface area contributed by atoms with Gasteiger partial charge in [0.25, 0.3) is 5.91 Å². The molecule has 2 saturated heterocycles. The maximum absolute atomic E-state index is 13.5. The van der Waals surface area contributed by atoms with E-state index >= 15 is 0 Å². The lowest BCUT2D eigenvalue weighted by molar-refractivity contribution is -0.00112. The largest absolute Gasteiger partial charge is 0.444 e. The first-order valence-corrected chi connectivity index (χ1v) is 14.7. The minimum atomic E-state index is -0.520. The van der Waals surface area contributed by atoms with E-state index in [1.807, 2.05) is 80.9 Å². The molecule has 3 unspecified atom stereocenters. The number of aromatic nitrogens is 2. The van der Waals surface area contributed by atoms with Gasteiger partial charge in [0.2, 0.25) is 0 Å². The van der Waals surface area contributed by atoms with Crippen LogP contribution in [0.15, 0.2) is 42.5 Å². The van der Waals surface area contributed by atoms with Gasteiger partial charge in [0.15, 0.2) is 0 Å². The monoisotopic (exact) mass is 560 g/mol. The van der Waals surface area contributed by atoms with Gasteiger partial charge in [-0.1, -0.05) is 35.9 Å². The number of piperidine rings is 1. The highest BCUT2D eigenvalue weighted by atomic mass is 35.5. The number of hydrogen-bond donors (Lipinski definition) is 0. The van der Waals surface area contributed by atoms with Gasteiger partial charge in [0.05, 0.1) is 11.2 Å². The summed E-state index contributed by atoms with van der Waals surface area (Å²) in [6.07, 6.45) is 4.17. The van der Waals surface area contributed by atoms with Crippen LogP contribution < -0.4 is 0 Å². The van der Waals surface area contributed by atoms with Crippen molar-refractivity contribution in [2.45, 2.75) is 95.4 Å². The smallest absolute Gasteiger partial charge is 0.410 e. The lowest BCUT2D eigenvalue weighted by Gasteiger charge is -2.42. The van der Waals surface area contributed by atoms with Gasteiger partial charge in [-0.3, -0.25) is 4.79 Å². The second kappa shape index (κ2) is 10.0. The molecular weight excluding hydrogens is 524 g/mol. The molecule has 6 rings (SSSR count). The molecule has 3 heterocycles. The van der Waals surface area contributed by atoms with Crippen LogP contribution in [0.4, 0.5) is 4.79 Å². The summed E-state index contributed by atoms with van der Waals surface area (Å²) in [5.41, 5.74) is 3.19. The lowest BCUT2D eigenvalue weighted by Crippen LogP contribution is -2.53. The van der Waals surface area contributed by atoms with Crippen LogP contribution in [0.3, 0.4) is 0 Å². The Kier molecular flexibility index (Phi) is 6.76. The molecule has 0 radical (unpaired) electrons. The molecule has 1 saturated carbocycles. The number of para-hydroxylation sites is 1. The van der Waals surface area contributed by atoms with Crippen molar-refractivity contribution in [1.29, 1.82) is 0 Å². The zero-order valence-electron chi connectivity index (χ0n) is 23.9. The van der Waals surface area contributed by atoms with Crippen LogP contribution in [0, 0.1) is 6.92 Å². The number of aryl methyl sites for hydroxylation is 1. The van der Waals surface area contributed by atoms with Crippen molar-refractivity contribution < 1.29 is 14.3 Å². The van der Waals surface area contributed by atoms with E-state index in [4.69, 9.17) is 21.3 Å². The first-order chi connectivity index (χ1) is 19.0. The predicted molar refractivity (Wildman–Crippen MR) is 156 cm³/mol. The summed E-state index contributed by atoms with van der Waals surface area (Å²) >= 11 is 6.80. The Morgan fingerprint density at radius 1 is 1.00 bits per heavy atom. The molecule has 0 spiro atoms. The summed E-state index contributed by atoms with van der Waals surface area (Å²) in [6.45, 7) is 7.62. The SMILES string of the molecule is Cc1nc(C2CC2c2ccc(C(=O)N(C)C3C[C@H]4CC[C@@H](C3)N4C(=O)OC(C)(C)C)cc2Cl)c2ccccc2n1. The molecule has 5 atom stereocenters. The van der Waals surface area contributed by atoms with Gasteiger partial charge in [0.1, 0.15) is 11.4 Å². The summed E-state index contributed by atoms with van der Waals surface area (Å²) in [4.78, 5) is 39.5. The molecule has 210 valence electrons. The molecular formula is C32H37ClN4O3. The maximum atomic E-state index is 13.5. The van der Waals surface area contributed by atoms with E-state index in [2.05, 4.69) is 11.1 Å². The molecule has 3 fully saturated rings. The average Bonchev–Trinajstić information content (AvgIpc) is 3.64. The van der Waals surface area contributed by atoms with E-state index in [1.54, 1.807) is 0 Å². The summed E-state index contributed by atoms with van der Waals surface area (Å²) in [7, 11) is 1.87. The van der Waals surface area contributed by atoms with Crippen molar-refractivity contribution >= 4 is 34.5 Å². The first kappa shape index (κ1) is 27.0. The number of fused-ring (bicyclic) bond motifs is 3. The average molecular weight is 561 g/mol. The lowest BCUT2D eigenvalue weighted by atomic mass is 9.95. The number of amides is 2. The number of carbonyl (C=O) groups is 2.